The molecule has 1 aromatic heterocycles. The first-order valence-electron chi connectivity index (χ1n) is 7.08. The van der Waals surface area contributed by atoms with Crippen LogP contribution in [0, 0.1) is 5.41 Å². The van der Waals surface area contributed by atoms with E-state index in [0.29, 0.717) is 5.41 Å². The van der Waals surface area contributed by atoms with Gasteiger partial charge >= 0.3 is 0 Å². The fourth-order valence-electron chi connectivity index (χ4n) is 2.77. The second-order valence-corrected chi connectivity index (χ2v) is 7.31. The van der Waals surface area contributed by atoms with Crippen LogP contribution in [0.1, 0.15) is 51.8 Å². The fraction of sp³-hybridized carbons (Fsp3) is 0.667. The molecule has 2 aliphatic rings. The van der Waals surface area contributed by atoms with Crippen LogP contribution in [0.4, 0.5) is 0 Å². The van der Waals surface area contributed by atoms with Crippen molar-refractivity contribution in [1.29, 1.82) is 0 Å². The molecule has 19 heavy (non-hydrogen) atoms. The molecule has 0 radical (unpaired) electrons. The van der Waals surface area contributed by atoms with Crippen molar-refractivity contribution in [2.75, 3.05) is 6.54 Å². The van der Waals surface area contributed by atoms with Gasteiger partial charge in [0.25, 0.3) is 0 Å². The lowest BCUT2D eigenvalue weighted by Crippen LogP contribution is -2.43. The maximum atomic E-state index is 12.7. The highest BCUT2D eigenvalue weighted by molar-refractivity contribution is 7.07. The average molecular weight is 278 g/mol. The Labute approximate surface area is 119 Å². The number of thiophene rings is 1. The van der Waals surface area contributed by atoms with Gasteiger partial charge in [-0.05, 0) is 54.0 Å². The Morgan fingerprint density at radius 1 is 1.47 bits per heavy atom. The van der Waals surface area contributed by atoms with E-state index in [2.05, 4.69) is 40.9 Å². The topological polar surface area (TPSA) is 32.3 Å². The van der Waals surface area contributed by atoms with Crippen LogP contribution in [0.25, 0.3) is 0 Å². The molecule has 1 aromatic rings. The molecule has 104 valence electrons. The first kappa shape index (κ1) is 13.1. The average Bonchev–Trinajstić information content (AvgIpc) is 2.82. The lowest BCUT2D eigenvalue weighted by atomic mass is 9.99. The minimum absolute atomic E-state index is 0.0566. The van der Waals surface area contributed by atoms with E-state index in [1.807, 2.05) is 6.92 Å². The zero-order valence-corrected chi connectivity index (χ0v) is 12.7. The van der Waals surface area contributed by atoms with E-state index in [1.54, 1.807) is 11.3 Å². The van der Waals surface area contributed by atoms with E-state index < -0.39 is 5.54 Å². The summed E-state index contributed by atoms with van der Waals surface area (Å²) in [6.07, 6.45) is 3.38. The van der Waals surface area contributed by atoms with Crippen molar-refractivity contribution < 1.29 is 4.79 Å². The number of carbonyl (C=O) groups excluding carboxylic acids is 1. The van der Waals surface area contributed by atoms with Crippen LogP contribution < -0.4 is 5.32 Å². The number of hydrogen-bond donors (Lipinski definition) is 1. The summed E-state index contributed by atoms with van der Waals surface area (Å²) in [5, 5.41) is 7.78. The molecule has 2 fully saturated rings. The highest BCUT2D eigenvalue weighted by Gasteiger charge is 2.51. The van der Waals surface area contributed by atoms with Crippen LogP contribution in [0.3, 0.4) is 0 Å². The third-order valence-electron chi connectivity index (χ3n) is 4.72. The lowest BCUT2D eigenvalue weighted by molar-refractivity contribution is -0.133. The van der Waals surface area contributed by atoms with Gasteiger partial charge in [0.1, 0.15) is 6.17 Å². The fourth-order valence-corrected chi connectivity index (χ4v) is 3.45. The molecule has 2 heterocycles. The zero-order chi connectivity index (χ0) is 13.7. The minimum Gasteiger partial charge on any atom is -0.321 e. The number of rotatable bonds is 4. The molecule has 4 heteroatoms. The molecule has 3 nitrogen and oxygen atoms in total. The third kappa shape index (κ3) is 2.21. The van der Waals surface area contributed by atoms with Gasteiger partial charge in [-0.1, -0.05) is 13.8 Å². The molecule has 3 rings (SSSR count). The van der Waals surface area contributed by atoms with Gasteiger partial charge in [0.15, 0.2) is 0 Å². The largest absolute Gasteiger partial charge is 0.321 e. The smallest absolute Gasteiger partial charge is 0.244 e. The summed E-state index contributed by atoms with van der Waals surface area (Å²) in [5.74, 6) is 0.263. The second kappa shape index (κ2) is 4.32. The molecule has 1 saturated heterocycles. The minimum atomic E-state index is -0.405. The van der Waals surface area contributed by atoms with Crippen molar-refractivity contribution in [2.45, 2.75) is 51.7 Å². The highest BCUT2D eigenvalue weighted by Crippen LogP contribution is 2.48. The Bertz CT molecular complexity index is 480. The molecular weight excluding hydrogens is 256 g/mol. The molecule has 1 aliphatic carbocycles. The first-order valence-corrected chi connectivity index (χ1v) is 8.03. The maximum absolute atomic E-state index is 12.7. The van der Waals surface area contributed by atoms with Gasteiger partial charge in [0.05, 0.1) is 5.54 Å². The summed E-state index contributed by atoms with van der Waals surface area (Å²) in [5.41, 5.74) is 1.17. The summed E-state index contributed by atoms with van der Waals surface area (Å²) in [7, 11) is 0. The van der Waals surface area contributed by atoms with Gasteiger partial charge < -0.3 is 4.90 Å². The van der Waals surface area contributed by atoms with Crippen molar-refractivity contribution in [2.24, 2.45) is 5.41 Å². The van der Waals surface area contributed by atoms with E-state index in [4.69, 9.17) is 0 Å². The predicted molar refractivity (Wildman–Crippen MR) is 77.9 cm³/mol. The molecule has 1 saturated carbocycles. The van der Waals surface area contributed by atoms with Crippen LogP contribution in [0.15, 0.2) is 16.8 Å². The molecule has 1 amide bonds. The lowest BCUT2D eigenvalue weighted by Gasteiger charge is -2.26. The van der Waals surface area contributed by atoms with E-state index in [9.17, 15) is 4.79 Å². The molecule has 0 bridgehead atoms. The van der Waals surface area contributed by atoms with E-state index in [-0.39, 0.29) is 12.1 Å². The van der Waals surface area contributed by atoms with Gasteiger partial charge in [0, 0.05) is 6.54 Å². The second-order valence-electron chi connectivity index (χ2n) is 6.53. The Balaban J connectivity index is 1.89. The maximum Gasteiger partial charge on any atom is 0.244 e. The number of carbonyl (C=O) groups is 1. The number of nitrogens with one attached hydrogen (secondary N) is 1. The van der Waals surface area contributed by atoms with Gasteiger partial charge in [-0.3, -0.25) is 10.1 Å². The van der Waals surface area contributed by atoms with Crippen LogP contribution in [0.5, 0.6) is 0 Å². The quantitative estimate of drug-likeness (QED) is 0.917. The first-order chi connectivity index (χ1) is 8.97. The van der Waals surface area contributed by atoms with Crippen LogP contribution >= 0.6 is 11.3 Å². The molecule has 1 aliphatic heterocycles. The zero-order valence-electron chi connectivity index (χ0n) is 11.9. The monoisotopic (exact) mass is 278 g/mol. The molecule has 0 aromatic carbocycles. The van der Waals surface area contributed by atoms with Crippen LogP contribution in [-0.4, -0.2) is 22.9 Å². The van der Waals surface area contributed by atoms with Gasteiger partial charge in [-0.25, -0.2) is 0 Å². The number of hydrogen-bond acceptors (Lipinski definition) is 3. The van der Waals surface area contributed by atoms with Crippen molar-refractivity contribution in [3.8, 4) is 0 Å². The molecule has 1 N–H and O–H groups in total. The van der Waals surface area contributed by atoms with E-state index in [0.717, 1.165) is 13.0 Å². The van der Waals surface area contributed by atoms with Crippen molar-refractivity contribution in [3.05, 3.63) is 22.4 Å². The summed E-state index contributed by atoms with van der Waals surface area (Å²) in [4.78, 5) is 14.8. The van der Waals surface area contributed by atoms with Crippen LogP contribution in [0.2, 0.25) is 0 Å². The highest BCUT2D eigenvalue weighted by atomic mass is 32.1. The Kier molecular flexibility index (Phi) is 2.98. The van der Waals surface area contributed by atoms with Gasteiger partial charge in [-0.2, -0.15) is 11.3 Å². The standard InChI is InChI=1S/C15H22N2OS/c1-4-15(3)13(18)17(10-14(2)6-7-14)12(16-15)11-5-8-19-9-11/h5,8-9,12,16H,4,6-7,10H2,1-3H3. The third-order valence-corrected chi connectivity index (χ3v) is 5.42. The van der Waals surface area contributed by atoms with Crippen molar-refractivity contribution in [1.82, 2.24) is 10.2 Å². The summed E-state index contributed by atoms with van der Waals surface area (Å²) < 4.78 is 0. The normalized spacial score (nSPS) is 32.9. The van der Waals surface area contributed by atoms with E-state index in [1.165, 1.54) is 18.4 Å². The van der Waals surface area contributed by atoms with Crippen molar-refractivity contribution in [3.63, 3.8) is 0 Å². The Hall–Kier alpha value is -0.870. The molecule has 2 atom stereocenters. The molecular formula is C15H22N2OS. The SMILES string of the molecule is CCC1(C)NC(c2ccsc2)N(CC2(C)CC2)C1=O. The van der Waals surface area contributed by atoms with Crippen LogP contribution in [-0.2, 0) is 4.79 Å². The molecule has 2 unspecified atom stereocenters. The molecule has 0 spiro atoms. The Morgan fingerprint density at radius 2 is 2.21 bits per heavy atom. The Morgan fingerprint density at radius 3 is 2.74 bits per heavy atom. The van der Waals surface area contributed by atoms with Gasteiger partial charge in [0.2, 0.25) is 5.91 Å². The van der Waals surface area contributed by atoms with Gasteiger partial charge in [-0.15, -0.1) is 0 Å². The van der Waals surface area contributed by atoms with E-state index >= 15 is 0 Å². The summed E-state index contributed by atoms with van der Waals surface area (Å²) in [6.45, 7) is 7.28. The summed E-state index contributed by atoms with van der Waals surface area (Å²) >= 11 is 1.69. The predicted octanol–water partition coefficient (Wildman–Crippen LogP) is 3.15. The number of amides is 1. The van der Waals surface area contributed by atoms with Crippen molar-refractivity contribution >= 4 is 17.2 Å². The summed E-state index contributed by atoms with van der Waals surface area (Å²) in [6, 6.07) is 2.12. The number of nitrogens with zero attached hydrogens (tertiary/aromatic N) is 1.